The van der Waals surface area contributed by atoms with Gasteiger partial charge in [-0.3, -0.25) is 0 Å². The first-order chi connectivity index (χ1) is 10.2. The second-order valence-corrected chi connectivity index (χ2v) is 5.15. The van der Waals surface area contributed by atoms with Gasteiger partial charge in [0.1, 0.15) is 0 Å². The maximum Gasteiger partial charge on any atom is 0.191 e. The van der Waals surface area contributed by atoms with Gasteiger partial charge in [-0.15, -0.1) is 24.0 Å². The summed E-state index contributed by atoms with van der Waals surface area (Å²) < 4.78 is 0. The number of likely N-dealkylation sites (N-methyl/N-ethyl adjacent to an activating group) is 1. The molecule has 126 valence electrons. The highest BCUT2D eigenvalue weighted by atomic mass is 127. The Morgan fingerprint density at radius 3 is 2.41 bits per heavy atom. The van der Waals surface area contributed by atoms with Crippen LogP contribution in [0.5, 0.6) is 0 Å². The highest BCUT2D eigenvalue weighted by Crippen LogP contribution is 2.15. The van der Waals surface area contributed by atoms with E-state index < -0.39 is 0 Å². The monoisotopic (exact) mass is 438 g/mol. The molecule has 0 aliphatic heterocycles. The quantitative estimate of drug-likeness (QED) is 0.371. The molecule has 0 aliphatic rings. The number of hydrogen-bond acceptors (Lipinski definition) is 2. The minimum Gasteiger partial charge on any atom is -0.357 e. The van der Waals surface area contributed by atoms with Gasteiger partial charge in [-0.1, -0.05) is 43.6 Å². The lowest BCUT2D eigenvalue weighted by molar-refractivity contribution is 0.308. The number of nitrogens with one attached hydrogen (secondary N) is 2. The second-order valence-electron chi connectivity index (χ2n) is 4.74. The molecule has 0 saturated heterocycles. The third-order valence-electron chi connectivity index (χ3n) is 3.32. The van der Waals surface area contributed by atoms with Crippen LogP contribution in [0.15, 0.2) is 29.3 Å². The van der Waals surface area contributed by atoms with E-state index in [-0.39, 0.29) is 24.0 Å². The van der Waals surface area contributed by atoms with E-state index in [9.17, 15) is 0 Å². The molecular formula is C16H28ClIN4. The first-order valence-corrected chi connectivity index (χ1v) is 8.06. The zero-order valence-corrected chi connectivity index (χ0v) is 16.8. The Kier molecular flexibility index (Phi) is 12.6. The average Bonchev–Trinajstić information content (AvgIpc) is 2.50. The van der Waals surface area contributed by atoms with Crippen LogP contribution < -0.4 is 10.6 Å². The van der Waals surface area contributed by atoms with Gasteiger partial charge >= 0.3 is 0 Å². The zero-order valence-electron chi connectivity index (χ0n) is 13.7. The number of rotatable bonds is 8. The Morgan fingerprint density at radius 1 is 1.14 bits per heavy atom. The fourth-order valence-electron chi connectivity index (χ4n) is 2.00. The third kappa shape index (κ3) is 8.19. The molecule has 0 heterocycles. The molecular weight excluding hydrogens is 411 g/mol. The molecule has 22 heavy (non-hydrogen) atoms. The van der Waals surface area contributed by atoms with Crippen molar-refractivity contribution in [3.63, 3.8) is 0 Å². The fraction of sp³-hybridized carbons (Fsp3) is 0.562. The van der Waals surface area contributed by atoms with Crippen molar-refractivity contribution in [2.24, 2.45) is 4.99 Å². The van der Waals surface area contributed by atoms with Gasteiger partial charge in [0.05, 0.1) is 6.54 Å². The lowest BCUT2D eigenvalue weighted by atomic mass is 10.2. The van der Waals surface area contributed by atoms with Gasteiger partial charge in [-0.2, -0.15) is 0 Å². The van der Waals surface area contributed by atoms with Crippen molar-refractivity contribution in [2.75, 3.05) is 32.7 Å². The van der Waals surface area contributed by atoms with Gasteiger partial charge in [-0.25, -0.2) is 4.99 Å². The first-order valence-electron chi connectivity index (χ1n) is 7.69. The zero-order chi connectivity index (χ0) is 15.5. The van der Waals surface area contributed by atoms with Crippen LogP contribution in [0.25, 0.3) is 0 Å². The van der Waals surface area contributed by atoms with Crippen molar-refractivity contribution in [3.05, 3.63) is 34.9 Å². The smallest absolute Gasteiger partial charge is 0.191 e. The largest absolute Gasteiger partial charge is 0.357 e. The van der Waals surface area contributed by atoms with Crippen LogP contribution in [0.4, 0.5) is 0 Å². The lowest BCUT2D eigenvalue weighted by Gasteiger charge is -2.19. The van der Waals surface area contributed by atoms with Crippen LogP contribution in [0, 0.1) is 0 Å². The lowest BCUT2D eigenvalue weighted by Crippen LogP contribution is -2.41. The van der Waals surface area contributed by atoms with E-state index in [1.807, 2.05) is 24.3 Å². The second kappa shape index (κ2) is 13.0. The topological polar surface area (TPSA) is 39.7 Å². The summed E-state index contributed by atoms with van der Waals surface area (Å²) in [6.45, 7) is 11.9. The summed E-state index contributed by atoms with van der Waals surface area (Å²) in [5, 5.41) is 7.39. The Hall–Kier alpha value is -0.530. The van der Waals surface area contributed by atoms with Crippen LogP contribution in [0.3, 0.4) is 0 Å². The minimum absolute atomic E-state index is 0. The van der Waals surface area contributed by atoms with Gasteiger partial charge in [0.15, 0.2) is 5.96 Å². The molecule has 0 aromatic heterocycles. The predicted octanol–water partition coefficient (Wildman–Crippen LogP) is 3.35. The van der Waals surface area contributed by atoms with Crippen molar-refractivity contribution < 1.29 is 0 Å². The Morgan fingerprint density at radius 2 is 1.82 bits per heavy atom. The number of benzene rings is 1. The summed E-state index contributed by atoms with van der Waals surface area (Å²) in [7, 11) is 0. The molecule has 6 heteroatoms. The molecule has 0 unspecified atom stereocenters. The van der Waals surface area contributed by atoms with E-state index in [0.717, 1.165) is 49.3 Å². The number of aliphatic imine (C=N–C) groups is 1. The van der Waals surface area contributed by atoms with Gasteiger partial charge in [0, 0.05) is 24.7 Å². The van der Waals surface area contributed by atoms with Crippen molar-refractivity contribution in [1.82, 2.24) is 15.5 Å². The SMILES string of the molecule is CCNC(=NCc1ccccc1Cl)NCCN(CC)CC.I. The standard InChI is InChI=1S/C16H27ClN4.HI/c1-4-18-16(19-11-12-21(5-2)6-3)20-13-14-9-7-8-10-15(14)17;/h7-10H,4-6,11-13H2,1-3H3,(H2,18,19,20);1H. The highest BCUT2D eigenvalue weighted by Gasteiger charge is 2.02. The summed E-state index contributed by atoms with van der Waals surface area (Å²) in [6.07, 6.45) is 0. The molecule has 4 nitrogen and oxygen atoms in total. The molecule has 0 saturated carbocycles. The summed E-state index contributed by atoms with van der Waals surface area (Å²) in [6, 6.07) is 7.82. The molecule has 0 aliphatic carbocycles. The van der Waals surface area contributed by atoms with E-state index in [0.29, 0.717) is 6.54 Å². The van der Waals surface area contributed by atoms with E-state index in [1.165, 1.54) is 0 Å². The molecule has 0 spiro atoms. The number of nitrogens with zero attached hydrogens (tertiary/aromatic N) is 2. The van der Waals surface area contributed by atoms with Gasteiger partial charge in [-0.05, 0) is 31.6 Å². The summed E-state index contributed by atoms with van der Waals surface area (Å²) in [5.41, 5.74) is 1.04. The Bertz CT molecular complexity index is 436. The van der Waals surface area contributed by atoms with Crippen LogP contribution >= 0.6 is 35.6 Å². The van der Waals surface area contributed by atoms with Crippen molar-refractivity contribution in [1.29, 1.82) is 0 Å². The van der Waals surface area contributed by atoms with Gasteiger partial charge < -0.3 is 15.5 Å². The molecule has 0 amide bonds. The molecule has 2 N–H and O–H groups in total. The molecule has 0 bridgehead atoms. The molecule has 0 fully saturated rings. The van der Waals surface area contributed by atoms with Gasteiger partial charge in [0.25, 0.3) is 0 Å². The minimum atomic E-state index is 0. The summed E-state index contributed by atoms with van der Waals surface area (Å²) >= 11 is 6.15. The van der Waals surface area contributed by atoms with E-state index >= 15 is 0 Å². The summed E-state index contributed by atoms with van der Waals surface area (Å²) in [4.78, 5) is 6.96. The number of guanidine groups is 1. The summed E-state index contributed by atoms with van der Waals surface area (Å²) in [5.74, 6) is 0.838. The normalized spacial score (nSPS) is 11.2. The van der Waals surface area contributed by atoms with Crippen molar-refractivity contribution >= 4 is 41.5 Å². The Balaban J connectivity index is 0.00000441. The van der Waals surface area contributed by atoms with Gasteiger partial charge in [0.2, 0.25) is 0 Å². The first kappa shape index (κ1) is 21.5. The third-order valence-corrected chi connectivity index (χ3v) is 3.69. The molecule has 0 radical (unpaired) electrons. The van der Waals surface area contributed by atoms with Crippen molar-refractivity contribution in [3.8, 4) is 0 Å². The van der Waals surface area contributed by atoms with Crippen LogP contribution in [-0.4, -0.2) is 43.6 Å². The molecule has 1 rings (SSSR count). The Labute approximate surface area is 156 Å². The highest BCUT2D eigenvalue weighted by molar-refractivity contribution is 14.0. The van der Waals surface area contributed by atoms with Crippen LogP contribution in [0.1, 0.15) is 26.3 Å². The molecule has 0 atom stereocenters. The number of hydrogen-bond donors (Lipinski definition) is 2. The van der Waals surface area contributed by atoms with Crippen molar-refractivity contribution in [2.45, 2.75) is 27.3 Å². The predicted molar refractivity (Wildman–Crippen MR) is 107 cm³/mol. The number of halogens is 2. The average molecular weight is 439 g/mol. The van der Waals surface area contributed by atoms with E-state index in [2.05, 4.69) is 41.3 Å². The van der Waals surface area contributed by atoms with Crippen LogP contribution in [0.2, 0.25) is 5.02 Å². The maximum atomic E-state index is 6.15. The molecule has 1 aromatic rings. The fourth-order valence-corrected chi connectivity index (χ4v) is 2.20. The molecule has 1 aromatic carbocycles. The van der Waals surface area contributed by atoms with Crippen LogP contribution in [-0.2, 0) is 6.54 Å². The van der Waals surface area contributed by atoms with E-state index in [1.54, 1.807) is 0 Å². The van der Waals surface area contributed by atoms with E-state index in [4.69, 9.17) is 11.6 Å². The maximum absolute atomic E-state index is 6.15.